The van der Waals surface area contributed by atoms with E-state index in [9.17, 15) is 4.39 Å². The summed E-state index contributed by atoms with van der Waals surface area (Å²) in [6.45, 7) is 4.14. The molecule has 0 bridgehead atoms. The maximum Gasteiger partial charge on any atom is 0.129 e. The van der Waals surface area contributed by atoms with Crippen molar-refractivity contribution in [2.24, 2.45) is 0 Å². The first-order chi connectivity index (χ1) is 8.67. The predicted molar refractivity (Wildman–Crippen MR) is 69.5 cm³/mol. The van der Waals surface area contributed by atoms with E-state index < -0.39 is 0 Å². The highest BCUT2D eigenvalue weighted by molar-refractivity contribution is 5.36. The molecule has 1 aromatic rings. The van der Waals surface area contributed by atoms with Crippen molar-refractivity contribution in [1.82, 2.24) is 0 Å². The van der Waals surface area contributed by atoms with Gasteiger partial charge >= 0.3 is 0 Å². The van der Waals surface area contributed by atoms with Crippen LogP contribution in [0.1, 0.15) is 37.8 Å². The molecule has 0 aliphatic rings. The standard InChI is InChI=1S/C15H19FO2/c1-3-5-12(2)18-11-14-8-7-13(6-4-9-17)10-15(14)16/h7-8,10,12,17H,3,5,9,11H2,1-2H3. The van der Waals surface area contributed by atoms with Crippen LogP contribution in [0, 0.1) is 17.7 Å². The van der Waals surface area contributed by atoms with Crippen LogP contribution in [0.5, 0.6) is 0 Å². The Kier molecular flexibility index (Phi) is 6.42. The van der Waals surface area contributed by atoms with Gasteiger partial charge in [-0.1, -0.05) is 31.3 Å². The van der Waals surface area contributed by atoms with Crippen molar-refractivity contribution in [3.05, 3.63) is 35.1 Å². The lowest BCUT2D eigenvalue weighted by Gasteiger charge is -2.12. The van der Waals surface area contributed by atoms with Gasteiger partial charge in [-0.15, -0.1) is 0 Å². The minimum Gasteiger partial charge on any atom is -0.384 e. The molecule has 0 saturated carbocycles. The molecule has 18 heavy (non-hydrogen) atoms. The van der Waals surface area contributed by atoms with Crippen molar-refractivity contribution >= 4 is 0 Å². The summed E-state index contributed by atoms with van der Waals surface area (Å²) in [5, 5.41) is 8.56. The average Bonchev–Trinajstić information content (AvgIpc) is 2.35. The lowest BCUT2D eigenvalue weighted by Crippen LogP contribution is -2.08. The lowest BCUT2D eigenvalue weighted by molar-refractivity contribution is 0.0456. The number of hydrogen-bond acceptors (Lipinski definition) is 2. The monoisotopic (exact) mass is 250 g/mol. The summed E-state index contributed by atoms with van der Waals surface area (Å²) in [5.41, 5.74) is 1.10. The number of ether oxygens (including phenoxy) is 1. The molecule has 1 atom stereocenters. The molecule has 0 aromatic heterocycles. The van der Waals surface area contributed by atoms with Gasteiger partial charge in [-0.2, -0.15) is 0 Å². The maximum atomic E-state index is 13.7. The topological polar surface area (TPSA) is 29.5 Å². The Balaban J connectivity index is 2.62. The van der Waals surface area contributed by atoms with Crippen LogP contribution >= 0.6 is 0 Å². The van der Waals surface area contributed by atoms with Crippen LogP contribution in [0.2, 0.25) is 0 Å². The zero-order valence-electron chi connectivity index (χ0n) is 10.9. The molecule has 98 valence electrons. The van der Waals surface area contributed by atoms with Crippen molar-refractivity contribution in [3.8, 4) is 11.8 Å². The van der Waals surface area contributed by atoms with Crippen LogP contribution in [0.4, 0.5) is 4.39 Å². The molecule has 0 aliphatic heterocycles. The van der Waals surface area contributed by atoms with E-state index in [1.807, 2.05) is 6.92 Å². The predicted octanol–water partition coefficient (Wildman–Crippen LogP) is 2.87. The molecule has 2 nitrogen and oxygen atoms in total. The smallest absolute Gasteiger partial charge is 0.129 e. The first-order valence-corrected chi connectivity index (χ1v) is 6.17. The van der Waals surface area contributed by atoms with Gasteiger partial charge in [-0.25, -0.2) is 4.39 Å². The number of hydrogen-bond donors (Lipinski definition) is 1. The van der Waals surface area contributed by atoms with Crippen LogP contribution in [0.3, 0.4) is 0 Å². The average molecular weight is 250 g/mol. The molecule has 0 radical (unpaired) electrons. The van der Waals surface area contributed by atoms with Gasteiger partial charge in [0.2, 0.25) is 0 Å². The fourth-order valence-corrected chi connectivity index (χ4v) is 1.61. The fraction of sp³-hybridized carbons (Fsp3) is 0.467. The minimum absolute atomic E-state index is 0.142. The first-order valence-electron chi connectivity index (χ1n) is 6.17. The molecular weight excluding hydrogens is 231 g/mol. The van der Waals surface area contributed by atoms with Crippen LogP contribution in [0.25, 0.3) is 0 Å². The molecule has 0 fully saturated rings. The molecule has 1 aromatic carbocycles. The zero-order chi connectivity index (χ0) is 13.4. The van der Waals surface area contributed by atoms with E-state index in [4.69, 9.17) is 9.84 Å². The van der Waals surface area contributed by atoms with E-state index in [-0.39, 0.29) is 25.1 Å². The van der Waals surface area contributed by atoms with Gasteiger partial charge in [-0.3, -0.25) is 0 Å². The first kappa shape index (κ1) is 14.7. The lowest BCUT2D eigenvalue weighted by atomic mass is 10.1. The van der Waals surface area contributed by atoms with Crippen LogP contribution < -0.4 is 0 Å². The largest absolute Gasteiger partial charge is 0.384 e. The van der Waals surface area contributed by atoms with Gasteiger partial charge in [0.25, 0.3) is 0 Å². The van der Waals surface area contributed by atoms with Crippen molar-refractivity contribution in [2.45, 2.75) is 39.4 Å². The molecule has 0 heterocycles. The van der Waals surface area contributed by atoms with E-state index >= 15 is 0 Å². The third-order valence-electron chi connectivity index (χ3n) is 2.58. The second kappa shape index (κ2) is 7.86. The molecular formula is C15H19FO2. The fourth-order valence-electron chi connectivity index (χ4n) is 1.61. The van der Waals surface area contributed by atoms with Crippen molar-refractivity contribution in [2.75, 3.05) is 6.61 Å². The van der Waals surface area contributed by atoms with Crippen LogP contribution in [-0.4, -0.2) is 17.8 Å². The van der Waals surface area contributed by atoms with Crippen molar-refractivity contribution in [1.29, 1.82) is 0 Å². The molecule has 3 heteroatoms. The Bertz CT molecular complexity index is 432. The maximum absolute atomic E-state index is 13.7. The molecule has 1 unspecified atom stereocenters. The Hall–Kier alpha value is -1.37. The van der Waals surface area contributed by atoms with Crippen molar-refractivity contribution < 1.29 is 14.2 Å². The zero-order valence-corrected chi connectivity index (χ0v) is 10.9. The van der Waals surface area contributed by atoms with E-state index in [1.165, 1.54) is 6.07 Å². The van der Waals surface area contributed by atoms with Gasteiger partial charge in [-0.05, 0) is 25.5 Å². The van der Waals surface area contributed by atoms with Gasteiger partial charge in [0.15, 0.2) is 0 Å². The summed E-state index contributed by atoms with van der Waals surface area (Å²) < 4.78 is 19.3. The Morgan fingerprint density at radius 3 is 2.83 bits per heavy atom. The van der Waals surface area contributed by atoms with Crippen molar-refractivity contribution in [3.63, 3.8) is 0 Å². The van der Waals surface area contributed by atoms with Crippen LogP contribution in [0.15, 0.2) is 18.2 Å². The summed E-state index contributed by atoms with van der Waals surface area (Å²) in [6, 6.07) is 4.77. The quantitative estimate of drug-likeness (QED) is 0.814. The third kappa shape index (κ3) is 4.87. The summed E-state index contributed by atoms with van der Waals surface area (Å²) in [7, 11) is 0. The Morgan fingerprint density at radius 1 is 1.44 bits per heavy atom. The van der Waals surface area contributed by atoms with Gasteiger partial charge in [0.1, 0.15) is 12.4 Å². The molecule has 0 saturated heterocycles. The number of halogens is 1. The summed E-state index contributed by atoms with van der Waals surface area (Å²) in [4.78, 5) is 0. The number of benzene rings is 1. The SMILES string of the molecule is CCCC(C)OCc1ccc(C#CCO)cc1F. The Morgan fingerprint density at radius 2 is 2.22 bits per heavy atom. The molecule has 1 rings (SSSR count). The molecule has 0 aliphatic carbocycles. The van der Waals surface area contributed by atoms with E-state index in [0.29, 0.717) is 11.1 Å². The van der Waals surface area contributed by atoms with Gasteiger partial charge < -0.3 is 9.84 Å². The highest BCUT2D eigenvalue weighted by Gasteiger charge is 2.06. The minimum atomic E-state index is -0.316. The van der Waals surface area contributed by atoms with Gasteiger partial charge in [0.05, 0.1) is 12.7 Å². The molecule has 0 amide bonds. The summed E-state index contributed by atoms with van der Waals surface area (Å²) >= 11 is 0. The number of aliphatic hydroxyl groups excluding tert-OH is 1. The normalized spacial score (nSPS) is 11.8. The highest BCUT2D eigenvalue weighted by atomic mass is 19.1. The second-order valence-corrected chi connectivity index (χ2v) is 4.18. The Labute approximate surface area is 108 Å². The number of aliphatic hydroxyl groups is 1. The molecule has 1 N–H and O–H groups in total. The summed E-state index contributed by atoms with van der Waals surface area (Å²) in [5.74, 6) is 4.84. The van der Waals surface area contributed by atoms with Gasteiger partial charge in [0, 0.05) is 11.1 Å². The van der Waals surface area contributed by atoms with E-state index in [0.717, 1.165) is 12.8 Å². The van der Waals surface area contributed by atoms with Crippen LogP contribution in [-0.2, 0) is 11.3 Å². The van der Waals surface area contributed by atoms with E-state index in [2.05, 4.69) is 18.8 Å². The highest BCUT2D eigenvalue weighted by Crippen LogP contribution is 2.13. The molecule has 0 spiro atoms. The summed E-state index contributed by atoms with van der Waals surface area (Å²) in [6.07, 6.45) is 2.17. The third-order valence-corrected chi connectivity index (χ3v) is 2.58. The number of rotatable bonds is 5. The second-order valence-electron chi connectivity index (χ2n) is 4.18. The van der Waals surface area contributed by atoms with E-state index in [1.54, 1.807) is 12.1 Å².